The molecule has 1 saturated heterocycles. The number of pyridine rings is 2. The Hall–Kier alpha value is -3.28. The largest absolute Gasteiger partial charge is 0.383 e. The van der Waals surface area contributed by atoms with Gasteiger partial charge in [0.15, 0.2) is 0 Å². The van der Waals surface area contributed by atoms with Crippen molar-refractivity contribution in [1.29, 1.82) is 0 Å². The van der Waals surface area contributed by atoms with Crippen LogP contribution < -0.4 is 21.1 Å². The van der Waals surface area contributed by atoms with E-state index >= 15 is 0 Å². The molecule has 4 heterocycles. The number of rotatable bonds is 10. The van der Waals surface area contributed by atoms with Gasteiger partial charge >= 0.3 is 0 Å². The number of aromatic amines is 1. The topological polar surface area (TPSA) is 91.5 Å². The van der Waals surface area contributed by atoms with E-state index in [2.05, 4.69) is 82.0 Å². The fraction of sp³-hybridized carbons (Fsp3) is 0.312. The first-order chi connectivity index (χ1) is 20.6. The van der Waals surface area contributed by atoms with E-state index in [4.69, 9.17) is 14.5 Å². The van der Waals surface area contributed by atoms with Gasteiger partial charge in [-0.25, -0.2) is 0 Å². The molecule has 0 radical (unpaired) electrons. The van der Waals surface area contributed by atoms with E-state index in [1.165, 1.54) is 19.6 Å². The van der Waals surface area contributed by atoms with Crippen molar-refractivity contribution in [3.05, 3.63) is 88.5 Å². The minimum atomic E-state index is -0.0901. The predicted octanol–water partition coefficient (Wildman–Crippen LogP) is 5.80. The molecule has 2 aliphatic heterocycles. The van der Waals surface area contributed by atoms with Gasteiger partial charge in [0, 0.05) is 75.9 Å². The molecule has 0 bridgehead atoms. The maximum absolute atomic E-state index is 12.7. The van der Waals surface area contributed by atoms with Gasteiger partial charge in [0.05, 0.1) is 42.9 Å². The van der Waals surface area contributed by atoms with Crippen molar-refractivity contribution in [3.63, 3.8) is 0 Å². The average Bonchev–Trinajstić information content (AvgIpc) is 3.02. The normalized spacial score (nSPS) is 15.1. The SMILES string of the molecule is COCCNCc1cccc(C(C)Nc2ccc3c(c2)Sc2cccc(-c4cc(N5CCOCC5)cc(=O)[nH]4)c2S3)n1. The number of aromatic nitrogens is 2. The van der Waals surface area contributed by atoms with Crippen LogP contribution in [0.3, 0.4) is 0 Å². The number of anilines is 2. The van der Waals surface area contributed by atoms with Crippen LogP contribution in [0.15, 0.2) is 91.1 Å². The summed E-state index contributed by atoms with van der Waals surface area (Å²) in [5.41, 5.74) is 5.81. The molecule has 42 heavy (non-hydrogen) atoms. The first-order valence-electron chi connectivity index (χ1n) is 14.2. The number of ether oxygens (including phenoxy) is 2. The molecule has 0 amide bonds. The Bertz CT molecular complexity index is 1610. The van der Waals surface area contributed by atoms with Crippen LogP contribution in [-0.4, -0.2) is 56.5 Å². The van der Waals surface area contributed by atoms with Gasteiger partial charge in [-0.15, -0.1) is 0 Å². The van der Waals surface area contributed by atoms with E-state index < -0.39 is 0 Å². The Balaban J connectivity index is 1.18. The number of morpholine rings is 1. The molecule has 218 valence electrons. The molecule has 0 aliphatic carbocycles. The number of fused-ring (bicyclic) bond motifs is 2. The molecule has 2 aromatic carbocycles. The van der Waals surface area contributed by atoms with Gasteiger partial charge < -0.3 is 30.0 Å². The molecular weight excluding hydrogens is 567 g/mol. The third kappa shape index (κ3) is 6.68. The molecule has 8 nitrogen and oxygen atoms in total. The zero-order valence-corrected chi connectivity index (χ0v) is 25.4. The Labute approximate surface area is 254 Å². The highest BCUT2D eigenvalue weighted by Gasteiger charge is 2.22. The number of methoxy groups -OCH3 is 1. The maximum atomic E-state index is 12.7. The quantitative estimate of drug-likeness (QED) is 0.172. The lowest BCUT2D eigenvalue weighted by atomic mass is 10.1. The molecule has 4 aromatic rings. The highest BCUT2D eigenvalue weighted by atomic mass is 32.2. The van der Waals surface area contributed by atoms with Crippen LogP contribution >= 0.6 is 23.5 Å². The van der Waals surface area contributed by atoms with E-state index in [0.717, 1.165) is 53.7 Å². The lowest BCUT2D eigenvalue weighted by molar-refractivity contribution is 0.122. The van der Waals surface area contributed by atoms with Crippen LogP contribution in [0.2, 0.25) is 0 Å². The second-order valence-corrected chi connectivity index (χ2v) is 12.4. The molecule has 0 saturated carbocycles. The van der Waals surface area contributed by atoms with Crippen molar-refractivity contribution < 1.29 is 9.47 Å². The summed E-state index contributed by atoms with van der Waals surface area (Å²) in [7, 11) is 1.71. The molecule has 1 atom stereocenters. The third-order valence-electron chi connectivity index (χ3n) is 7.29. The van der Waals surface area contributed by atoms with Crippen molar-refractivity contribution in [2.45, 2.75) is 39.1 Å². The third-order valence-corrected chi connectivity index (χ3v) is 9.89. The summed E-state index contributed by atoms with van der Waals surface area (Å²) >= 11 is 3.52. The first-order valence-corrected chi connectivity index (χ1v) is 15.8. The monoisotopic (exact) mass is 601 g/mol. The second kappa shape index (κ2) is 13.4. The van der Waals surface area contributed by atoms with Crippen molar-refractivity contribution in [2.75, 3.05) is 56.8 Å². The summed E-state index contributed by atoms with van der Waals surface area (Å²) in [6.07, 6.45) is 0. The molecule has 1 fully saturated rings. The van der Waals surface area contributed by atoms with Gasteiger partial charge in [0.2, 0.25) is 5.56 Å². The molecule has 10 heteroatoms. The maximum Gasteiger partial charge on any atom is 0.250 e. The van der Waals surface area contributed by atoms with Crippen LogP contribution in [0.1, 0.15) is 24.4 Å². The minimum absolute atomic E-state index is 0.0534. The lowest BCUT2D eigenvalue weighted by Crippen LogP contribution is -2.36. The summed E-state index contributed by atoms with van der Waals surface area (Å²) in [6.45, 7) is 7.26. The Morgan fingerprint density at radius 2 is 1.88 bits per heavy atom. The van der Waals surface area contributed by atoms with Crippen LogP contribution in [0.25, 0.3) is 11.3 Å². The van der Waals surface area contributed by atoms with Crippen molar-refractivity contribution >= 4 is 34.9 Å². The van der Waals surface area contributed by atoms with E-state index in [9.17, 15) is 4.79 Å². The van der Waals surface area contributed by atoms with Crippen LogP contribution in [-0.2, 0) is 16.0 Å². The Morgan fingerprint density at radius 1 is 1.02 bits per heavy atom. The summed E-state index contributed by atoms with van der Waals surface area (Å²) in [4.78, 5) is 27.6. The van der Waals surface area contributed by atoms with Gasteiger partial charge in [-0.2, -0.15) is 0 Å². The fourth-order valence-electron chi connectivity index (χ4n) is 5.13. The smallest absolute Gasteiger partial charge is 0.250 e. The van der Waals surface area contributed by atoms with E-state index in [1.807, 2.05) is 6.07 Å². The summed E-state index contributed by atoms with van der Waals surface area (Å²) in [5.74, 6) is 0. The number of nitrogens with zero attached hydrogens (tertiary/aromatic N) is 2. The molecule has 6 rings (SSSR count). The number of hydrogen-bond acceptors (Lipinski definition) is 9. The van der Waals surface area contributed by atoms with Crippen LogP contribution in [0, 0.1) is 0 Å². The molecule has 1 unspecified atom stereocenters. The number of H-pyrrole nitrogens is 1. The van der Waals surface area contributed by atoms with Gasteiger partial charge in [-0.05, 0) is 49.4 Å². The lowest BCUT2D eigenvalue weighted by Gasteiger charge is -2.29. The van der Waals surface area contributed by atoms with E-state index in [1.54, 1.807) is 36.7 Å². The molecule has 2 aromatic heterocycles. The Kier molecular flexibility index (Phi) is 9.16. The van der Waals surface area contributed by atoms with Gasteiger partial charge in [-0.1, -0.05) is 41.7 Å². The number of hydrogen-bond donors (Lipinski definition) is 3. The highest BCUT2D eigenvalue weighted by molar-refractivity contribution is 8.05. The molecule has 2 aliphatic rings. The molecule has 0 spiro atoms. The van der Waals surface area contributed by atoms with E-state index in [0.29, 0.717) is 26.4 Å². The second-order valence-electron chi connectivity index (χ2n) is 10.3. The van der Waals surface area contributed by atoms with Crippen LogP contribution in [0.5, 0.6) is 0 Å². The summed E-state index contributed by atoms with van der Waals surface area (Å²) in [6, 6.07) is 22.8. The predicted molar refractivity (Wildman–Crippen MR) is 170 cm³/mol. The molecular formula is C32H35N5O3S2. The zero-order chi connectivity index (χ0) is 28.9. The van der Waals surface area contributed by atoms with Gasteiger partial charge in [-0.3, -0.25) is 9.78 Å². The first kappa shape index (κ1) is 28.8. The summed E-state index contributed by atoms with van der Waals surface area (Å²) < 4.78 is 10.6. The van der Waals surface area contributed by atoms with E-state index in [-0.39, 0.29) is 11.6 Å². The van der Waals surface area contributed by atoms with Crippen molar-refractivity contribution in [1.82, 2.24) is 15.3 Å². The number of nitrogens with one attached hydrogen (secondary N) is 3. The van der Waals surface area contributed by atoms with Crippen molar-refractivity contribution in [3.8, 4) is 11.3 Å². The number of benzene rings is 2. The standard InChI is InChI=1S/C32H35N5O3S2/c1-21(26-7-3-5-23(35-26)20-33-11-14-39-2)34-22-9-10-28-30(17-22)41-29-8-4-6-25(32(29)42-28)27-18-24(19-31(38)36-27)37-12-15-40-16-13-37/h3-10,17-19,21,33-34H,11-16,20H2,1-2H3,(H,36,38). The average molecular weight is 602 g/mol. The zero-order valence-electron chi connectivity index (χ0n) is 23.8. The Morgan fingerprint density at radius 3 is 2.74 bits per heavy atom. The van der Waals surface area contributed by atoms with Gasteiger partial charge in [0.25, 0.3) is 0 Å². The minimum Gasteiger partial charge on any atom is -0.383 e. The molecule has 3 N–H and O–H groups in total. The van der Waals surface area contributed by atoms with Crippen molar-refractivity contribution in [2.24, 2.45) is 0 Å². The fourth-order valence-corrected chi connectivity index (χ4v) is 7.55. The summed E-state index contributed by atoms with van der Waals surface area (Å²) in [5, 5.41) is 7.00. The van der Waals surface area contributed by atoms with Gasteiger partial charge in [0.1, 0.15) is 0 Å². The highest BCUT2D eigenvalue weighted by Crippen LogP contribution is 2.52. The van der Waals surface area contributed by atoms with Crippen LogP contribution in [0.4, 0.5) is 11.4 Å².